The van der Waals surface area contributed by atoms with E-state index < -0.39 is 17.6 Å². The summed E-state index contributed by atoms with van der Waals surface area (Å²) in [6.07, 6.45) is -3.19. The molecule has 2 aliphatic rings. The molecule has 236 valence electrons. The van der Waals surface area contributed by atoms with E-state index in [-0.39, 0.29) is 34.7 Å². The molecular formula is C30H32ClF3N4O6. The van der Waals surface area contributed by atoms with E-state index in [9.17, 15) is 22.8 Å². The number of hydrogen-bond donors (Lipinski definition) is 1. The Bertz CT molecular complexity index is 1450. The van der Waals surface area contributed by atoms with E-state index in [4.69, 9.17) is 30.5 Å². The first-order chi connectivity index (χ1) is 21.0. The lowest BCUT2D eigenvalue weighted by molar-refractivity contribution is -0.137. The summed E-state index contributed by atoms with van der Waals surface area (Å²) in [5.41, 5.74) is 0.197. The molecule has 2 aliphatic heterocycles. The van der Waals surface area contributed by atoms with Crippen molar-refractivity contribution in [2.45, 2.75) is 12.8 Å². The third-order valence-electron chi connectivity index (χ3n) is 6.66. The summed E-state index contributed by atoms with van der Waals surface area (Å²) in [6.45, 7) is 4.36. The van der Waals surface area contributed by atoms with Crippen LogP contribution in [0.25, 0.3) is 0 Å². The molecule has 44 heavy (non-hydrogen) atoms. The van der Waals surface area contributed by atoms with E-state index in [1.165, 1.54) is 18.3 Å². The average molecular weight is 637 g/mol. The van der Waals surface area contributed by atoms with Crippen molar-refractivity contribution in [1.82, 2.24) is 20.1 Å². The largest absolute Gasteiger partial charge is 0.486 e. The van der Waals surface area contributed by atoms with Gasteiger partial charge in [0.05, 0.1) is 23.7 Å². The van der Waals surface area contributed by atoms with Gasteiger partial charge in [0.15, 0.2) is 11.5 Å². The van der Waals surface area contributed by atoms with Crippen molar-refractivity contribution in [3.63, 3.8) is 0 Å². The molecule has 14 heteroatoms. The van der Waals surface area contributed by atoms with Crippen LogP contribution < -0.4 is 19.5 Å². The highest BCUT2D eigenvalue weighted by Gasteiger charge is 2.31. The van der Waals surface area contributed by atoms with Crippen LogP contribution in [0.5, 0.6) is 23.1 Å². The van der Waals surface area contributed by atoms with Gasteiger partial charge < -0.3 is 34.1 Å². The summed E-state index contributed by atoms with van der Waals surface area (Å²) in [5.74, 6) is 0.601. The second-order valence-corrected chi connectivity index (χ2v) is 10.3. The van der Waals surface area contributed by atoms with Crippen LogP contribution in [0.2, 0.25) is 5.02 Å². The molecule has 0 saturated carbocycles. The third-order valence-corrected chi connectivity index (χ3v) is 6.95. The van der Waals surface area contributed by atoms with Crippen molar-refractivity contribution in [2.75, 3.05) is 60.1 Å². The second-order valence-electron chi connectivity index (χ2n) is 9.88. The SMILES string of the molecule is CN1CCN(C(=O)CNC(=O)c2cccnc2Oc2ccc(C(F)(F)F)cc2Cl)CC1.COCc1ccc2c(c1)OCCO2. The number of ether oxygens (including phenoxy) is 4. The Labute approximate surface area is 257 Å². The normalized spacial score (nSPS) is 14.7. The van der Waals surface area contributed by atoms with Gasteiger partial charge in [-0.15, -0.1) is 0 Å². The number of nitrogens with one attached hydrogen (secondary N) is 1. The number of methoxy groups -OCH3 is 1. The Morgan fingerprint density at radius 1 is 1.02 bits per heavy atom. The fourth-order valence-corrected chi connectivity index (χ4v) is 4.49. The number of rotatable bonds is 7. The number of piperazine rings is 1. The molecule has 10 nitrogen and oxygen atoms in total. The number of hydrogen-bond acceptors (Lipinski definition) is 8. The molecule has 0 radical (unpaired) electrons. The molecule has 1 aromatic heterocycles. The summed E-state index contributed by atoms with van der Waals surface area (Å²) in [4.78, 5) is 32.6. The minimum atomic E-state index is -4.55. The molecule has 0 aliphatic carbocycles. The van der Waals surface area contributed by atoms with Gasteiger partial charge in [0.25, 0.3) is 5.91 Å². The molecular weight excluding hydrogens is 605 g/mol. The molecule has 0 spiro atoms. The van der Waals surface area contributed by atoms with Crippen LogP contribution in [-0.2, 0) is 22.3 Å². The van der Waals surface area contributed by atoms with Gasteiger partial charge in [-0.05, 0) is 55.1 Å². The van der Waals surface area contributed by atoms with Crippen molar-refractivity contribution in [3.8, 4) is 23.1 Å². The van der Waals surface area contributed by atoms with Gasteiger partial charge in [-0.2, -0.15) is 13.2 Å². The highest BCUT2D eigenvalue weighted by atomic mass is 35.5. The van der Waals surface area contributed by atoms with Crippen LogP contribution in [0.3, 0.4) is 0 Å². The standard InChI is InChI=1S/C20H20ClF3N4O3.C10H12O3/c1-27-7-9-28(10-8-27)17(29)12-26-18(30)14-3-2-6-25-19(14)31-16-5-4-13(11-15(16)21)20(22,23)24;1-11-7-8-2-3-9-10(6-8)13-5-4-12-9/h2-6,11H,7-10,12H2,1H3,(H,26,30);2-3,6H,4-5,7H2,1H3. The maximum Gasteiger partial charge on any atom is 0.416 e. The second kappa shape index (κ2) is 15.1. The molecule has 1 saturated heterocycles. The van der Waals surface area contributed by atoms with Gasteiger partial charge in [-0.25, -0.2) is 4.98 Å². The summed E-state index contributed by atoms with van der Waals surface area (Å²) in [5, 5.41) is 2.25. The quantitative estimate of drug-likeness (QED) is 0.400. The molecule has 1 N–H and O–H groups in total. The summed E-state index contributed by atoms with van der Waals surface area (Å²) in [7, 11) is 3.65. The molecule has 3 heterocycles. The monoisotopic (exact) mass is 636 g/mol. The number of halogens is 4. The van der Waals surface area contributed by atoms with Crippen molar-refractivity contribution >= 4 is 23.4 Å². The van der Waals surface area contributed by atoms with E-state index in [0.29, 0.717) is 32.9 Å². The van der Waals surface area contributed by atoms with Crippen molar-refractivity contribution < 1.29 is 41.7 Å². The van der Waals surface area contributed by atoms with Gasteiger partial charge >= 0.3 is 6.18 Å². The minimum Gasteiger partial charge on any atom is -0.486 e. The fourth-order valence-electron chi connectivity index (χ4n) is 4.27. The van der Waals surface area contributed by atoms with Crippen LogP contribution in [0.15, 0.2) is 54.7 Å². The Kier molecular flexibility index (Phi) is 11.3. The number of nitrogens with zero attached hydrogens (tertiary/aromatic N) is 3. The van der Waals surface area contributed by atoms with E-state index in [2.05, 4.69) is 15.2 Å². The lowest BCUT2D eigenvalue weighted by atomic mass is 10.2. The summed E-state index contributed by atoms with van der Waals surface area (Å²) < 4.78 is 59.7. The molecule has 1 fully saturated rings. The van der Waals surface area contributed by atoms with Crippen LogP contribution >= 0.6 is 11.6 Å². The van der Waals surface area contributed by atoms with E-state index in [1.807, 2.05) is 25.2 Å². The lowest BCUT2D eigenvalue weighted by Gasteiger charge is -2.32. The van der Waals surface area contributed by atoms with E-state index in [1.54, 1.807) is 12.0 Å². The van der Waals surface area contributed by atoms with Gasteiger partial charge in [0.1, 0.15) is 24.5 Å². The number of aromatic nitrogens is 1. The number of alkyl halides is 3. The van der Waals surface area contributed by atoms with E-state index >= 15 is 0 Å². The zero-order valence-corrected chi connectivity index (χ0v) is 24.9. The molecule has 3 aromatic rings. The Balaban J connectivity index is 0.000000281. The molecule has 2 aromatic carbocycles. The van der Waals surface area contributed by atoms with E-state index in [0.717, 1.165) is 48.4 Å². The Morgan fingerprint density at radius 3 is 2.43 bits per heavy atom. The van der Waals surface area contributed by atoms with Gasteiger partial charge in [0, 0.05) is 39.5 Å². The predicted molar refractivity (Wildman–Crippen MR) is 155 cm³/mol. The lowest BCUT2D eigenvalue weighted by Crippen LogP contribution is -2.50. The smallest absolute Gasteiger partial charge is 0.416 e. The van der Waals surface area contributed by atoms with Gasteiger partial charge in [0.2, 0.25) is 11.8 Å². The first-order valence-corrected chi connectivity index (χ1v) is 14.0. The maximum absolute atomic E-state index is 12.8. The average Bonchev–Trinajstić information content (AvgIpc) is 3.01. The van der Waals surface area contributed by atoms with Crippen LogP contribution in [0, 0.1) is 0 Å². The number of amides is 2. The zero-order valence-electron chi connectivity index (χ0n) is 24.2. The molecule has 5 rings (SSSR count). The predicted octanol–water partition coefficient (Wildman–Crippen LogP) is 4.65. The first-order valence-electron chi connectivity index (χ1n) is 13.7. The number of fused-ring (bicyclic) bond motifs is 1. The number of pyridine rings is 1. The number of likely N-dealkylation sites (N-methyl/N-ethyl adjacent to an activating group) is 1. The highest BCUT2D eigenvalue weighted by Crippen LogP contribution is 2.36. The molecule has 0 atom stereocenters. The number of carbonyl (C=O) groups is 2. The Morgan fingerprint density at radius 2 is 1.75 bits per heavy atom. The summed E-state index contributed by atoms with van der Waals surface area (Å²) in [6, 6.07) is 11.4. The Hall–Kier alpha value is -4.07. The number of benzene rings is 2. The van der Waals surface area contributed by atoms with Gasteiger partial charge in [-0.3, -0.25) is 9.59 Å². The van der Waals surface area contributed by atoms with Crippen LogP contribution in [0.4, 0.5) is 13.2 Å². The first kappa shape index (κ1) is 32.8. The fraction of sp³-hybridized carbons (Fsp3) is 0.367. The van der Waals surface area contributed by atoms with Gasteiger partial charge in [-0.1, -0.05) is 17.7 Å². The van der Waals surface area contributed by atoms with Crippen molar-refractivity contribution in [2.24, 2.45) is 0 Å². The molecule has 2 amide bonds. The van der Waals surface area contributed by atoms with Crippen LogP contribution in [-0.4, -0.2) is 86.7 Å². The van der Waals surface area contributed by atoms with Crippen molar-refractivity contribution in [1.29, 1.82) is 0 Å². The third kappa shape index (κ3) is 8.97. The molecule has 0 bridgehead atoms. The topological polar surface area (TPSA) is 102 Å². The maximum atomic E-state index is 12.8. The highest BCUT2D eigenvalue weighted by molar-refractivity contribution is 6.32. The minimum absolute atomic E-state index is 0.0182. The number of carbonyl (C=O) groups excluding carboxylic acids is 2. The zero-order chi connectivity index (χ0) is 31.7. The van der Waals surface area contributed by atoms with Crippen molar-refractivity contribution in [3.05, 3.63) is 76.4 Å². The van der Waals surface area contributed by atoms with Crippen LogP contribution in [0.1, 0.15) is 21.5 Å². The molecule has 0 unspecified atom stereocenters. The summed E-state index contributed by atoms with van der Waals surface area (Å²) >= 11 is 5.91.